The predicted octanol–water partition coefficient (Wildman–Crippen LogP) is 2.20. The summed E-state index contributed by atoms with van der Waals surface area (Å²) < 4.78 is 1.39. The lowest BCUT2D eigenvalue weighted by Gasteiger charge is -2.32. The Hall–Kier alpha value is -2.52. The van der Waals surface area contributed by atoms with Gasteiger partial charge in [-0.25, -0.2) is 4.68 Å². The Morgan fingerprint density at radius 2 is 2.00 bits per heavy atom. The van der Waals surface area contributed by atoms with E-state index in [0.717, 1.165) is 25.3 Å². The number of carbonyl (C=O) groups is 1. The monoisotopic (exact) mass is 406 g/mol. The van der Waals surface area contributed by atoms with E-state index < -0.39 is 4.92 Å². The summed E-state index contributed by atoms with van der Waals surface area (Å²) in [7, 11) is 0. The summed E-state index contributed by atoms with van der Waals surface area (Å²) in [5.74, 6) is 0.709. The highest BCUT2D eigenvalue weighted by molar-refractivity contribution is 5.92. The number of benzene rings is 1. The number of halogens is 1. The summed E-state index contributed by atoms with van der Waals surface area (Å²) >= 11 is 0. The van der Waals surface area contributed by atoms with Crippen LogP contribution >= 0.6 is 12.4 Å². The van der Waals surface area contributed by atoms with Gasteiger partial charge in [0, 0.05) is 31.3 Å². The van der Waals surface area contributed by atoms with Crippen LogP contribution in [0.5, 0.6) is 0 Å². The molecule has 2 fully saturated rings. The van der Waals surface area contributed by atoms with E-state index in [0.29, 0.717) is 24.8 Å². The molecule has 9 nitrogen and oxygen atoms in total. The number of piperidine rings is 1. The Bertz CT molecular complexity index is 845. The van der Waals surface area contributed by atoms with Crippen molar-refractivity contribution in [3.63, 3.8) is 0 Å². The number of nitrogens with zero attached hydrogens (tertiary/aromatic N) is 5. The summed E-state index contributed by atoms with van der Waals surface area (Å²) in [6, 6.07) is 6.56. The molecule has 1 saturated carbocycles. The molecule has 0 spiro atoms. The first-order valence-electron chi connectivity index (χ1n) is 9.30. The van der Waals surface area contributed by atoms with Crippen LogP contribution in [0.3, 0.4) is 0 Å². The van der Waals surface area contributed by atoms with Crippen LogP contribution < -0.4 is 5.32 Å². The Labute approximate surface area is 168 Å². The average molecular weight is 407 g/mol. The first-order valence-corrected chi connectivity index (χ1v) is 9.30. The Kier molecular flexibility index (Phi) is 6.25. The van der Waals surface area contributed by atoms with Crippen LogP contribution in [-0.4, -0.2) is 56.4 Å². The normalized spacial score (nSPS) is 17.2. The fraction of sp³-hybridized carbons (Fsp3) is 0.500. The minimum Gasteiger partial charge on any atom is -0.337 e. The number of nitro groups is 1. The number of non-ortho nitro benzene ring substituents is 1. The quantitative estimate of drug-likeness (QED) is 0.582. The maximum Gasteiger partial charge on any atom is 0.276 e. The van der Waals surface area contributed by atoms with E-state index in [2.05, 4.69) is 15.6 Å². The van der Waals surface area contributed by atoms with E-state index in [4.69, 9.17) is 0 Å². The molecule has 0 atom stereocenters. The fourth-order valence-corrected chi connectivity index (χ4v) is 3.34. The number of aromatic nitrogens is 3. The van der Waals surface area contributed by atoms with Crippen LogP contribution in [0.25, 0.3) is 5.69 Å². The van der Waals surface area contributed by atoms with E-state index in [-0.39, 0.29) is 29.7 Å². The van der Waals surface area contributed by atoms with Gasteiger partial charge >= 0.3 is 0 Å². The lowest BCUT2D eigenvalue weighted by atomic mass is 10.0. The molecule has 1 N–H and O–H groups in total. The molecule has 1 aromatic carbocycles. The third-order valence-corrected chi connectivity index (χ3v) is 5.19. The van der Waals surface area contributed by atoms with Crippen LogP contribution in [0.15, 0.2) is 30.5 Å². The second kappa shape index (κ2) is 8.66. The van der Waals surface area contributed by atoms with E-state index in [1.807, 2.05) is 0 Å². The van der Waals surface area contributed by atoms with Crippen molar-refractivity contribution in [3.8, 4) is 5.69 Å². The topological polar surface area (TPSA) is 106 Å². The predicted molar refractivity (Wildman–Crippen MR) is 105 cm³/mol. The SMILES string of the molecule is Cl.O=C(c1cn(-c2cccc([N+](=O)[O-])c2)nn1)N1CCC(NCC2CC2)CC1. The minimum atomic E-state index is -0.464. The number of rotatable bonds is 6. The second-order valence-electron chi connectivity index (χ2n) is 7.24. The van der Waals surface area contributed by atoms with Gasteiger partial charge in [-0.15, -0.1) is 17.5 Å². The molecule has 150 valence electrons. The van der Waals surface area contributed by atoms with Gasteiger partial charge in [-0.1, -0.05) is 11.3 Å². The van der Waals surface area contributed by atoms with Gasteiger partial charge in [0.1, 0.15) is 0 Å². The van der Waals surface area contributed by atoms with Crippen molar-refractivity contribution in [3.05, 3.63) is 46.3 Å². The summed E-state index contributed by atoms with van der Waals surface area (Å²) in [4.78, 5) is 24.9. The Morgan fingerprint density at radius 1 is 1.25 bits per heavy atom. The van der Waals surface area contributed by atoms with Crippen LogP contribution in [0.1, 0.15) is 36.2 Å². The molecular formula is C18H23ClN6O3. The molecular weight excluding hydrogens is 384 g/mol. The van der Waals surface area contributed by atoms with E-state index in [1.165, 1.54) is 35.9 Å². The van der Waals surface area contributed by atoms with Crippen LogP contribution in [0, 0.1) is 16.0 Å². The van der Waals surface area contributed by atoms with Crippen LogP contribution in [0.2, 0.25) is 0 Å². The van der Waals surface area contributed by atoms with E-state index in [1.54, 1.807) is 17.0 Å². The molecule has 10 heteroatoms. The van der Waals surface area contributed by atoms with Gasteiger partial charge in [0.15, 0.2) is 5.69 Å². The molecule has 2 aromatic rings. The number of hydrogen-bond donors (Lipinski definition) is 1. The first-order chi connectivity index (χ1) is 13.1. The van der Waals surface area contributed by atoms with Gasteiger partial charge in [0.05, 0.1) is 16.8 Å². The minimum absolute atomic E-state index is 0. The van der Waals surface area contributed by atoms with Crippen molar-refractivity contribution >= 4 is 24.0 Å². The molecule has 1 saturated heterocycles. The van der Waals surface area contributed by atoms with Crippen molar-refractivity contribution < 1.29 is 9.72 Å². The lowest BCUT2D eigenvalue weighted by Crippen LogP contribution is -2.45. The zero-order valence-electron chi connectivity index (χ0n) is 15.4. The van der Waals surface area contributed by atoms with Crippen LogP contribution in [0.4, 0.5) is 5.69 Å². The summed E-state index contributed by atoms with van der Waals surface area (Å²) in [6.45, 7) is 2.49. The molecule has 1 amide bonds. The molecule has 1 aliphatic heterocycles. The average Bonchev–Trinajstić information content (AvgIpc) is 3.40. The van der Waals surface area contributed by atoms with Crippen molar-refractivity contribution in [2.45, 2.75) is 31.7 Å². The van der Waals surface area contributed by atoms with Gasteiger partial charge < -0.3 is 10.2 Å². The smallest absolute Gasteiger partial charge is 0.276 e. The van der Waals surface area contributed by atoms with Crippen molar-refractivity contribution in [1.29, 1.82) is 0 Å². The van der Waals surface area contributed by atoms with Gasteiger partial charge in [-0.05, 0) is 44.2 Å². The Morgan fingerprint density at radius 3 is 2.68 bits per heavy atom. The van der Waals surface area contributed by atoms with Gasteiger partial charge in [0.25, 0.3) is 11.6 Å². The number of likely N-dealkylation sites (tertiary alicyclic amines) is 1. The summed E-state index contributed by atoms with van der Waals surface area (Å²) in [6.07, 6.45) is 6.09. The van der Waals surface area contributed by atoms with Crippen LogP contribution in [-0.2, 0) is 0 Å². The zero-order valence-corrected chi connectivity index (χ0v) is 16.2. The highest BCUT2D eigenvalue weighted by Crippen LogP contribution is 2.28. The molecule has 28 heavy (non-hydrogen) atoms. The maximum absolute atomic E-state index is 12.7. The van der Waals surface area contributed by atoms with E-state index in [9.17, 15) is 14.9 Å². The number of carbonyl (C=O) groups excluding carboxylic acids is 1. The number of amides is 1. The van der Waals surface area contributed by atoms with E-state index >= 15 is 0 Å². The van der Waals surface area contributed by atoms with Crippen molar-refractivity contribution in [2.75, 3.05) is 19.6 Å². The Balaban J connectivity index is 0.00000225. The maximum atomic E-state index is 12.7. The molecule has 1 aromatic heterocycles. The highest BCUT2D eigenvalue weighted by atomic mass is 35.5. The van der Waals surface area contributed by atoms with Gasteiger partial charge in [-0.2, -0.15) is 0 Å². The fourth-order valence-electron chi connectivity index (χ4n) is 3.34. The van der Waals surface area contributed by atoms with Gasteiger partial charge in [0.2, 0.25) is 0 Å². The largest absolute Gasteiger partial charge is 0.337 e. The van der Waals surface area contributed by atoms with Crippen molar-refractivity contribution in [2.24, 2.45) is 5.92 Å². The molecule has 4 rings (SSSR count). The molecule has 0 radical (unpaired) electrons. The highest BCUT2D eigenvalue weighted by Gasteiger charge is 2.27. The molecule has 0 bridgehead atoms. The molecule has 2 heterocycles. The van der Waals surface area contributed by atoms with Gasteiger partial charge in [-0.3, -0.25) is 14.9 Å². The third kappa shape index (κ3) is 4.66. The molecule has 2 aliphatic rings. The number of nitro benzene ring substituents is 1. The van der Waals surface area contributed by atoms with Crippen molar-refractivity contribution in [1.82, 2.24) is 25.2 Å². The molecule has 1 aliphatic carbocycles. The first kappa shape index (κ1) is 20.2. The standard InChI is InChI=1S/C18H22N6O3.ClH/c25-18(22-8-6-14(7-9-22)19-11-13-4-5-13)17-12-23(21-20-17)15-2-1-3-16(10-15)24(26)27;/h1-3,10,12-14,19H,4-9,11H2;1H. The molecule has 0 unspecified atom stereocenters. The second-order valence-corrected chi connectivity index (χ2v) is 7.24. The number of nitrogens with one attached hydrogen (secondary N) is 1. The summed E-state index contributed by atoms with van der Waals surface area (Å²) in [5.41, 5.74) is 0.723. The zero-order chi connectivity index (χ0) is 18.8. The number of hydrogen-bond acceptors (Lipinski definition) is 6. The third-order valence-electron chi connectivity index (χ3n) is 5.19. The lowest BCUT2D eigenvalue weighted by molar-refractivity contribution is -0.384. The summed E-state index contributed by atoms with van der Waals surface area (Å²) in [5, 5.41) is 22.4.